The maximum Gasteiger partial charge on any atom is 0.453 e. The Hall–Kier alpha value is -4.15. The topological polar surface area (TPSA) is 90.6 Å². The second-order valence-electron chi connectivity index (χ2n) is 8.10. The lowest BCUT2D eigenvalue weighted by atomic mass is 10.0. The highest BCUT2D eigenvalue weighted by Gasteiger charge is 2.37. The molecule has 1 amide bonds. The fourth-order valence-electron chi connectivity index (χ4n) is 3.93. The zero-order chi connectivity index (χ0) is 26.0. The van der Waals surface area contributed by atoms with Gasteiger partial charge in [-0.3, -0.25) is 4.79 Å². The molecule has 0 atom stereocenters. The van der Waals surface area contributed by atoms with Gasteiger partial charge in [0.2, 0.25) is 5.91 Å². The maximum atomic E-state index is 13.0. The summed E-state index contributed by atoms with van der Waals surface area (Å²) in [5.41, 5.74) is 3.87. The number of hydrogen-bond acceptors (Lipinski definition) is 6. The number of nitrogens with zero attached hydrogens (tertiary/aromatic N) is 4. The van der Waals surface area contributed by atoms with Crippen LogP contribution in [0.4, 0.5) is 18.9 Å². The number of amides is 1. The van der Waals surface area contributed by atoms with Crippen LogP contribution < -0.4 is 14.8 Å². The van der Waals surface area contributed by atoms with Crippen molar-refractivity contribution in [2.75, 3.05) is 19.5 Å². The summed E-state index contributed by atoms with van der Waals surface area (Å²) in [6, 6.07) is 12.8. The number of rotatable bonds is 7. The van der Waals surface area contributed by atoms with Gasteiger partial charge in [0.05, 0.1) is 14.2 Å². The summed E-state index contributed by atoms with van der Waals surface area (Å²) in [5.74, 6) is -0.264. The predicted octanol–water partition coefficient (Wildman–Crippen LogP) is 5.02. The van der Waals surface area contributed by atoms with E-state index in [9.17, 15) is 18.0 Å². The van der Waals surface area contributed by atoms with E-state index in [1.54, 1.807) is 40.2 Å². The largest absolute Gasteiger partial charge is 0.497 e. The molecule has 0 radical (unpaired) electrons. The first-order chi connectivity index (χ1) is 17.1. The first kappa shape index (κ1) is 25.0. The monoisotopic (exact) mass is 499 g/mol. The summed E-state index contributed by atoms with van der Waals surface area (Å²) in [4.78, 5) is 20.3. The second kappa shape index (κ2) is 9.84. The Morgan fingerprint density at radius 1 is 1.03 bits per heavy atom. The van der Waals surface area contributed by atoms with E-state index in [-0.39, 0.29) is 24.5 Å². The number of carbonyl (C=O) groups is 1. The Bertz CT molecular complexity index is 1420. The molecule has 2 aromatic carbocycles. The first-order valence-corrected chi connectivity index (χ1v) is 11.0. The summed E-state index contributed by atoms with van der Waals surface area (Å²) in [6.07, 6.45) is -4.30. The molecule has 0 aliphatic rings. The molecule has 0 saturated heterocycles. The molecule has 4 aromatic rings. The zero-order valence-electron chi connectivity index (χ0n) is 20.1. The first-order valence-electron chi connectivity index (χ1n) is 11.0. The molecule has 0 saturated carbocycles. The Labute approximate surface area is 205 Å². The van der Waals surface area contributed by atoms with Crippen molar-refractivity contribution in [3.63, 3.8) is 0 Å². The predicted molar refractivity (Wildman–Crippen MR) is 127 cm³/mol. The van der Waals surface area contributed by atoms with Gasteiger partial charge < -0.3 is 14.8 Å². The third kappa shape index (κ3) is 5.09. The number of ether oxygens (including phenoxy) is 2. The van der Waals surface area contributed by atoms with Gasteiger partial charge >= 0.3 is 6.18 Å². The minimum atomic E-state index is -4.67. The van der Waals surface area contributed by atoms with Crippen LogP contribution in [0.1, 0.15) is 29.2 Å². The van der Waals surface area contributed by atoms with Gasteiger partial charge in [0.15, 0.2) is 0 Å². The summed E-state index contributed by atoms with van der Waals surface area (Å²) >= 11 is 0. The third-order valence-electron chi connectivity index (χ3n) is 5.79. The van der Waals surface area contributed by atoms with Crippen LogP contribution in [-0.4, -0.2) is 39.7 Å². The van der Waals surface area contributed by atoms with E-state index >= 15 is 0 Å². The lowest BCUT2D eigenvalue weighted by Crippen LogP contribution is -2.14. The normalized spacial score (nSPS) is 11.5. The van der Waals surface area contributed by atoms with Crippen molar-refractivity contribution in [2.45, 2.75) is 32.9 Å². The smallest absolute Gasteiger partial charge is 0.453 e. The number of hydrogen-bond donors (Lipinski definition) is 1. The number of halogens is 3. The van der Waals surface area contributed by atoms with Gasteiger partial charge in [0, 0.05) is 29.1 Å². The van der Waals surface area contributed by atoms with Crippen LogP contribution in [0.25, 0.3) is 16.9 Å². The molecule has 36 heavy (non-hydrogen) atoms. The van der Waals surface area contributed by atoms with Crippen molar-refractivity contribution in [1.82, 2.24) is 19.6 Å². The average Bonchev–Trinajstić information content (AvgIpc) is 3.29. The SMILES string of the molecule is COc1ccc(-c2cc(NC(=O)CCc3c(C)nc4nc(C(F)(F)F)nn4c3C)ccc2OC)cc1. The van der Waals surface area contributed by atoms with Gasteiger partial charge in [-0.05, 0) is 61.7 Å². The van der Waals surface area contributed by atoms with Gasteiger partial charge in [-0.15, -0.1) is 5.10 Å². The maximum absolute atomic E-state index is 13.0. The van der Waals surface area contributed by atoms with Gasteiger partial charge in [0.25, 0.3) is 11.6 Å². The van der Waals surface area contributed by atoms with Crippen LogP contribution in [0.5, 0.6) is 11.5 Å². The number of nitrogens with one attached hydrogen (secondary N) is 1. The summed E-state index contributed by atoms with van der Waals surface area (Å²) in [7, 11) is 3.16. The average molecular weight is 499 g/mol. The fourth-order valence-corrected chi connectivity index (χ4v) is 3.93. The molecule has 188 valence electrons. The van der Waals surface area contributed by atoms with Gasteiger partial charge in [0.1, 0.15) is 11.5 Å². The highest BCUT2D eigenvalue weighted by Crippen LogP contribution is 2.33. The Kier molecular flexibility index (Phi) is 6.82. The minimum absolute atomic E-state index is 0.0968. The number of aryl methyl sites for hydroxylation is 2. The van der Waals surface area contributed by atoms with E-state index in [1.165, 1.54) is 0 Å². The highest BCUT2D eigenvalue weighted by atomic mass is 19.4. The highest BCUT2D eigenvalue weighted by molar-refractivity contribution is 5.92. The van der Waals surface area contributed by atoms with Crippen LogP contribution in [0.3, 0.4) is 0 Å². The molecule has 8 nitrogen and oxygen atoms in total. The van der Waals surface area contributed by atoms with Crippen LogP contribution in [0, 0.1) is 13.8 Å². The number of benzene rings is 2. The lowest BCUT2D eigenvalue weighted by molar-refractivity contribution is -0.144. The zero-order valence-corrected chi connectivity index (χ0v) is 20.1. The van der Waals surface area contributed by atoms with E-state index < -0.39 is 12.0 Å². The molecule has 0 spiro atoms. The summed E-state index contributed by atoms with van der Waals surface area (Å²) in [5, 5.41) is 6.42. The molecule has 0 aliphatic carbocycles. The molecular weight excluding hydrogens is 475 g/mol. The van der Waals surface area contributed by atoms with Gasteiger partial charge in [-0.2, -0.15) is 18.2 Å². The molecular formula is C25H24F3N5O3. The standard InChI is InChI=1S/C25H24F3N5O3/c1-14-19(15(2)33-24(29-14)31-23(32-33)25(26,27)28)10-12-22(34)30-17-7-11-21(36-4)20(13-17)16-5-8-18(35-3)9-6-16/h5-9,11,13H,10,12H2,1-4H3,(H,30,34). The number of anilines is 1. The minimum Gasteiger partial charge on any atom is -0.497 e. The second-order valence-corrected chi connectivity index (χ2v) is 8.10. The molecule has 2 aromatic heterocycles. The summed E-state index contributed by atoms with van der Waals surface area (Å²) < 4.78 is 50.8. The number of aromatic nitrogens is 4. The van der Waals surface area contributed by atoms with Crippen LogP contribution in [0.2, 0.25) is 0 Å². The van der Waals surface area contributed by atoms with Crippen LogP contribution >= 0.6 is 0 Å². The Balaban J connectivity index is 1.51. The van der Waals surface area contributed by atoms with E-state index in [2.05, 4.69) is 20.4 Å². The number of alkyl halides is 3. The molecule has 2 heterocycles. The molecule has 0 unspecified atom stereocenters. The molecule has 0 bridgehead atoms. The van der Waals surface area contributed by atoms with Crippen molar-refractivity contribution in [2.24, 2.45) is 0 Å². The Morgan fingerprint density at radius 2 is 1.75 bits per heavy atom. The van der Waals surface area contributed by atoms with Crippen molar-refractivity contribution in [3.8, 4) is 22.6 Å². The molecule has 11 heteroatoms. The third-order valence-corrected chi connectivity index (χ3v) is 5.79. The van der Waals surface area contributed by atoms with Crippen LogP contribution in [-0.2, 0) is 17.4 Å². The lowest BCUT2D eigenvalue weighted by Gasteiger charge is -2.13. The van der Waals surface area contributed by atoms with E-state index in [0.717, 1.165) is 21.4 Å². The van der Waals surface area contributed by atoms with E-state index in [4.69, 9.17) is 9.47 Å². The van der Waals surface area contributed by atoms with E-state index in [1.807, 2.05) is 30.3 Å². The molecule has 0 aliphatic heterocycles. The number of methoxy groups -OCH3 is 2. The van der Waals surface area contributed by atoms with Gasteiger partial charge in [-0.1, -0.05) is 12.1 Å². The quantitative estimate of drug-likeness (QED) is 0.384. The fraction of sp³-hybridized carbons (Fsp3) is 0.280. The number of carbonyl (C=O) groups excluding carboxylic acids is 1. The molecule has 0 fully saturated rings. The van der Waals surface area contributed by atoms with Crippen molar-refractivity contribution in [1.29, 1.82) is 0 Å². The van der Waals surface area contributed by atoms with Gasteiger partial charge in [-0.25, -0.2) is 9.50 Å². The molecule has 1 N–H and O–H groups in total. The van der Waals surface area contributed by atoms with Crippen molar-refractivity contribution >= 4 is 17.4 Å². The van der Waals surface area contributed by atoms with Crippen LogP contribution in [0.15, 0.2) is 42.5 Å². The van der Waals surface area contributed by atoms with E-state index in [0.29, 0.717) is 28.4 Å². The van der Waals surface area contributed by atoms with Crippen molar-refractivity contribution < 1.29 is 27.4 Å². The Morgan fingerprint density at radius 3 is 2.39 bits per heavy atom. The number of fused-ring (bicyclic) bond motifs is 1. The van der Waals surface area contributed by atoms with Crippen molar-refractivity contribution in [3.05, 3.63) is 65.2 Å². The molecule has 4 rings (SSSR count). The summed E-state index contributed by atoms with van der Waals surface area (Å²) in [6.45, 7) is 3.31.